The average Bonchev–Trinajstić information content (AvgIpc) is 3.26. The van der Waals surface area contributed by atoms with Gasteiger partial charge in [0.2, 0.25) is 0 Å². The number of rotatable bonds is 4. The van der Waals surface area contributed by atoms with E-state index < -0.39 is 0 Å². The van der Waals surface area contributed by atoms with Gasteiger partial charge < -0.3 is 9.97 Å². The van der Waals surface area contributed by atoms with Gasteiger partial charge in [-0.25, -0.2) is 4.98 Å². The number of halogens is 2. The van der Waals surface area contributed by atoms with E-state index in [1.807, 2.05) is 48.7 Å². The lowest BCUT2D eigenvalue weighted by molar-refractivity contribution is 0.993. The first kappa shape index (κ1) is 16.0. The topological polar surface area (TPSA) is 44.5 Å². The minimum Gasteiger partial charge on any atom is -0.365 e. The fourth-order valence-corrected chi connectivity index (χ4v) is 3.35. The summed E-state index contributed by atoms with van der Waals surface area (Å²) in [6, 6.07) is 19.6. The van der Waals surface area contributed by atoms with Gasteiger partial charge in [0.1, 0.15) is 5.82 Å². The van der Waals surface area contributed by atoms with Crippen LogP contribution in [0.2, 0.25) is 10.0 Å². The highest BCUT2D eigenvalue weighted by Crippen LogP contribution is 2.35. The minimum absolute atomic E-state index is 0.586. The van der Waals surface area contributed by atoms with Crippen LogP contribution in [0, 0.1) is 0 Å². The van der Waals surface area contributed by atoms with Crippen molar-refractivity contribution in [2.75, 3.05) is 0 Å². The van der Waals surface area contributed by atoms with Gasteiger partial charge in [-0.05, 0) is 30.3 Å². The van der Waals surface area contributed by atoms with Gasteiger partial charge in [-0.3, -0.25) is 0 Å². The van der Waals surface area contributed by atoms with Crippen molar-refractivity contribution in [3.05, 3.63) is 88.4 Å². The van der Waals surface area contributed by atoms with Crippen LogP contribution in [0.25, 0.3) is 22.5 Å². The molecule has 0 atom stereocenters. The predicted molar refractivity (Wildman–Crippen MR) is 103 cm³/mol. The lowest BCUT2D eigenvalue weighted by atomic mass is 10.1. The second-order valence-corrected chi connectivity index (χ2v) is 6.61. The maximum Gasteiger partial charge on any atom is 0.113 e. The third kappa shape index (κ3) is 3.34. The summed E-state index contributed by atoms with van der Waals surface area (Å²) in [5, 5.41) is 1.19. The van der Waals surface area contributed by atoms with Crippen LogP contribution in [0.15, 0.2) is 66.9 Å². The second kappa shape index (κ2) is 6.79. The predicted octanol–water partition coefficient (Wildman–Crippen LogP) is 5.97. The molecule has 0 radical (unpaired) electrons. The number of aromatic amines is 2. The third-order valence-corrected chi connectivity index (χ3v) is 4.57. The zero-order chi connectivity index (χ0) is 17.2. The number of hydrogen-bond donors (Lipinski definition) is 2. The summed E-state index contributed by atoms with van der Waals surface area (Å²) in [6.07, 6.45) is 2.60. The Labute approximate surface area is 155 Å². The van der Waals surface area contributed by atoms with E-state index in [1.54, 1.807) is 6.07 Å². The Morgan fingerprint density at radius 1 is 0.920 bits per heavy atom. The van der Waals surface area contributed by atoms with E-state index in [2.05, 4.69) is 22.1 Å². The maximum atomic E-state index is 6.43. The number of benzene rings is 2. The molecule has 0 saturated carbocycles. The van der Waals surface area contributed by atoms with Crippen molar-refractivity contribution in [3.8, 4) is 22.5 Å². The first-order valence-corrected chi connectivity index (χ1v) is 8.68. The molecule has 0 spiro atoms. The number of nitrogens with zero attached hydrogens (tertiary/aromatic N) is 1. The molecule has 2 aromatic carbocycles. The number of aromatic nitrogens is 3. The molecule has 0 amide bonds. The van der Waals surface area contributed by atoms with Crippen LogP contribution >= 0.6 is 23.2 Å². The number of nitrogens with one attached hydrogen (secondary N) is 2. The standard InChI is InChI=1S/C20H15Cl2N3/c21-14-8-9-16(17(22)11-14)20-19(13-5-2-1-3-6-13)24-18(25-20)12-15-7-4-10-23-15/h1-11,23H,12H2,(H,24,25). The van der Waals surface area contributed by atoms with Crippen LogP contribution in [-0.2, 0) is 6.42 Å². The van der Waals surface area contributed by atoms with Crippen molar-refractivity contribution in [2.45, 2.75) is 6.42 Å². The molecule has 124 valence electrons. The number of H-pyrrole nitrogens is 2. The van der Waals surface area contributed by atoms with E-state index in [1.165, 1.54) is 0 Å². The smallest absolute Gasteiger partial charge is 0.113 e. The molecule has 0 aliphatic rings. The van der Waals surface area contributed by atoms with Gasteiger partial charge in [-0.1, -0.05) is 53.5 Å². The summed E-state index contributed by atoms with van der Waals surface area (Å²) < 4.78 is 0. The largest absolute Gasteiger partial charge is 0.365 e. The van der Waals surface area contributed by atoms with Crippen molar-refractivity contribution < 1.29 is 0 Å². The molecule has 0 aliphatic heterocycles. The zero-order valence-corrected chi connectivity index (χ0v) is 14.8. The highest BCUT2D eigenvalue weighted by Gasteiger charge is 2.17. The molecule has 4 aromatic rings. The van der Waals surface area contributed by atoms with E-state index in [9.17, 15) is 0 Å². The molecule has 2 heterocycles. The summed E-state index contributed by atoms with van der Waals surface area (Å²) in [5.74, 6) is 0.877. The van der Waals surface area contributed by atoms with Crippen LogP contribution in [0.4, 0.5) is 0 Å². The molecule has 25 heavy (non-hydrogen) atoms. The molecular weight excluding hydrogens is 353 g/mol. The van der Waals surface area contributed by atoms with Crippen LogP contribution in [-0.4, -0.2) is 15.0 Å². The molecule has 0 bridgehead atoms. The molecule has 0 saturated heterocycles. The first-order chi connectivity index (χ1) is 12.2. The molecule has 2 N–H and O–H groups in total. The summed E-state index contributed by atoms with van der Waals surface area (Å²) in [5.41, 5.74) is 4.80. The Morgan fingerprint density at radius 2 is 1.76 bits per heavy atom. The normalized spacial score (nSPS) is 11.0. The molecule has 0 fully saturated rings. The lowest BCUT2D eigenvalue weighted by Crippen LogP contribution is -1.90. The summed E-state index contributed by atoms with van der Waals surface area (Å²) >= 11 is 12.5. The average molecular weight is 368 g/mol. The van der Waals surface area contributed by atoms with Gasteiger partial charge >= 0.3 is 0 Å². The summed E-state index contributed by atoms with van der Waals surface area (Å²) in [6.45, 7) is 0. The van der Waals surface area contributed by atoms with E-state index in [-0.39, 0.29) is 0 Å². The highest BCUT2D eigenvalue weighted by molar-refractivity contribution is 6.36. The molecule has 3 nitrogen and oxygen atoms in total. The van der Waals surface area contributed by atoms with Crippen molar-refractivity contribution >= 4 is 23.2 Å². The Morgan fingerprint density at radius 3 is 2.48 bits per heavy atom. The van der Waals surface area contributed by atoms with Gasteiger partial charge in [0.15, 0.2) is 0 Å². The van der Waals surface area contributed by atoms with E-state index in [0.29, 0.717) is 16.5 Å². The van der Waals surface area contributed by atoms with E-state index >= 15 is 0 Å². The highest BCUT2D eigenvalue weighted by atomic mass is 35.5. The SMILES string of the molecule is Clc1ccc(-c2nc(Cc3ccc[nH]3)[nH]c2-c2ccccc2)c(Cl)c1. The molecule has 5 heteroatoms. The third-order valence-electron chi connectivity index (χ3n) is 4.02. The van der Waals surface area contributed by atoms with Crippen molar-refractivity contribution in [1.29, 1.82) is 0 Å². The molecule has 0 aliphatic carbocycles. The summed E-state index contributed by atoms with van der Waals surface area (Å²) in [7, 11) is 0. The quantitative estimate of drug-likeness (QED) is 0.458. The Hall–Kier alpha value is -2.49. The fraction of sp³-hybridized carbons (Fsp3) is 0.0500. The molecule has 0 unspecified atom stereocenters. The van der Waals surface area contributed by atoms with Crippen LogP contribution in [0.5, 0.6) is 0 Å². The van der Waals surface area contributed by atoms with Crippen molar-refractivity contribution in [3.63, 3.8) is 0 Å². The van der Waals surface area contributed by atoms with Gasteiger partial charge in [0.05, 0.1) is 16.4 Å². The second-order valence-electron chi connectivity index (χ2n) is 5.77. The van der Waals surface area contributed by atoms with Gasteiger partial charge in [-0.2, -0.15) is 0 Å². The number of imidazole rings is 1. The number of hydrogen-bond acceptors (Lipinski definition) is 1. The van der Waals surface area contributed by atoms with Crippen molar-refractivity contribution in [2.24, 2.45) is 0 Å². The molecule has 4 rings (SSSR count). The maximum absolute atomic E-state index is 6.43. The lowest BCUT2D eigenvalue weighted by Gasteiger charge is -2.05. The van der Waals surface area contributed by atoms with Crippen molar-refractivity contribution in [1.82, 2.24) is 15.0 Å². The van der Waals surface area contributed by atoms with E-state index in [4.69, 9.17) is 28.2 Å². The van der Waals surface area contributed by atoms with Crippen LogP contribution in [0.3, 0.4) is 0 Å². The van der Waals surface area contributed by atoms with Gasteiger partial charge in [0.25, 0.3) is 0 Å². The van der Waals surface area contributed by atoms with E-state index in [0.717, 1.165) is 34.0 Å². The fourth-order valence-electron chi connectivity index (χ4n) is 2.85. The Balaban J connectivity index is 1.84. The first-order valence-electron chi connectivity index (χ1n) is 7.93. The molecular formula is C20H15Cl2N3. The monoisotopic (exact) mass is 367 g/mol. The molecule has 2 aromatic heterocycles. The van der Waals surface area contributed by atoms with Crippen LogP contribution < -0.4 is 0 Å². The minimum atomic E-state index is 0.586. The Kier molecular flexibility index (Phi) is 4.35. The Bertz CT molecular complexity index is 989. The van der Waals surface area contributed by atoms with Gasteiger partial charge in [-0.15, -0.1) is 0 Å². The summed E-state index contributed by atoms with van der Waals surface area (Å²) in [4.78, 5) is 11.5. The van der Waals surface area contributed by atoms with Crippen LogP contribution in [0.1, 0.15) is 11.5 Å². The van der Waals surface area contributed by atoms with Gasteiger partial charge in [0, 0.05) is 34.5 Å². The zero-order valence-electron chi connectivity index (χ0n) is 13.3.